The molecular weight excluding hydrogens is 1230 g/mol. The second-order valence-electron chi connectivity index (χ2n) is 18.8. The molecule has 0 saturated carbocycles. The minimum Gasteiger partial charge on any atom is -0.476 e. The highest BCUT2D eigenvalue weighted by Crippen LogP contribution is 2.27. The number of nitrogens with zero attached hydrogens (tertiary/aromatic N) is 8. The Morgan fingerprint density at radius 2 is 1.00 bits per heavy atom. The van der Waals surface area contributed by atoms with Crippen LogP contribution in [-0.2, 0) is 45.3 Å². The number of nitrogens with two attached hydrogens (primary N) is 4. The Balaban J connectivity index is 0.000000199. The van der Waals surface area contributed by atoms with E-state index in [4.69, 9.17) is 56.3 Å². The molecule has 9 aromatic rings. The second kappa shape index (κ2) is 27.1. The standard InChI is InChI=1S/C25H24ClN5O4S.C13H13N3O4S.C12H13ClN2O.C5H4BrN3O2/c1-14(20-11-17-8-5-9-18(26)21(17)25(33)31(20)2)29-24(32)22-23(27)28-12-19(30-22)16-7-4-6-15(10-16)13-36(3,34)35;1-21(19,20)7-8-3-2-4-9(5-8)10-6-15-12(14)11(16-10)13(17)18;1-7(14)10-6-8-4-3-5-9(13)11(8)12(16)15(10)2;6-2-1-8-4(7)3(9-2)5(10)11/h4-12,14H,13H2,1-3H3,(H2,27,28)(H,29,32);2-6H,7H2,1H3,(H2,14,15)(H,17,18);3-7H,14H2,1-2H3;1H,(H2,7,8)(H,10,11)/t14-;;7-;/m0.0./s1. The molecule has 438 valence electrons. The van der Waals surface area contributed by atoms with E-state index in [1.54, 1.807) is 104 Å². The highest BCUT2D eigenvalue weighted by molar-refractivity contribution is 9.10. The summed E-state index contributed by atoms with van der Waals surface area (Å²) in [4.78, 5) is 82.9. The molecule has 0 aliphatic carbocycles. The Hall–Kier alpha value is -8.73. The van der Waals surface area contributed by atoms with Crippen LogP contribution in [0.15, 0.2) is 130 Å². The predicted molar refractivity (Wildman–Crippen MR) is 326 cm³/mol. The lowest BCUT2D eigenvalue weighted by Gasteiger charge is -2.19. The number of nitrogens with one attached hydrogen (secondary N) is 1. The molecule has 9 rings (SSSR count). The van der Waals surface area contributed by atoms with E-state index in [2.05, 4.69) is 51.2 Å². The summed E-state index contributed by atoms with van der Waals surface area (Å²) in [6, 6.07) is 27.1. The molecule has 5 aromatic heterocycles. The van der Waals surface area contributed by atoms with Gasteiger partial charge in [-0.15, -0.1) is 0 Å². The van der Waals surface area contributed by atoms with Crippen LogP contribution in [0, 0.1) is 0 Å². The van der Waals surface area contributed by atoms with Crippen LogP contribution in [-0.4, -0.2) is 96.4 Å². The van der Waals surface area contributed by atoms with Crippen molar-refractivity contribution in [1.29, 1.82) is 0 Å². The Morgan fingerprint density at radius 3 is 1.43 bits per heavy atom. The van der Waals surface area contributed by atoms with Crippen LogP contribution in [0.3, 0.4) is 0 Å². The fourth-order valence-corrected chi connectivity index (χ4v) is 10.6. The van der Waals surface area contributed by atoms with Crippen LogP contribution in [0.2, 0.25) is 10.0 Å². The van der Waals surface area contributed by atoms with Crippen LogP contribution in [0.5, 0.6) is 0 Å². The van der Waals surface area contributed by atoms with Crippen LogP contribution < -0.4 is 39.4 Å². The number of benzene rings is 4. The second-order valence-corrected chi connectivity index (χ2v) is 24.7. The lowest BCUT2D eigenvalue weighted by molar-refractivity contribution is 0.0680. The van der Waals surface area contributed by atoms with E-state index in [9.17, 15) is 40.8 Å². The van der Waals surface area contributed by atoms with Crippen molar-refractivity contribution in [3.8, 4) is 22.5 Å². The van der Waals surface area contributed by atoms with E-state index in [-0.39, 0.29) is 63.2 Å². The fraction of sp³-hybridized carbons (Fsp3) is 0.182. The fourth-order valence-electron chi connectivity index (χ4n) is 8.23. The van der Waals surface area contributed by atoms with Crippen LogP contribution in [0.1, 0.15) is 79.9 Å². The molecule has 0 aliphatic rings. The Bertz CT molecular complexity index is 4400. The summed E-state index contributed by atoms with van der Waals surface area (Å²) in [6.07, 6.45) is 6.41. The van der Waals surface area contributed by atoms with Gasteiger partial charge < -0.3 is 47.6 Å². The van der Waals surface area contributed by atoms with Gasteiger partial charge in [0, 0.05) is 55.2 Å². The number of aromatic nitrogens is 8. The zero-order chi connectivity index (χ0) is 62.1. The van der Waals surface area contributed by atoms with E-state index in [0.29, 0.717) is 70.1 Å². The van der Waals surface area contributed by atoms with E-state index < -0.39 is 43.6 Å². The number of amides is 1. The van der Waals surface area contributed by atoms with Gasteiger partial charge in [0.15, 0.2) is 54.2 Å². The molecular formula is C55H54BrCl2N13O11S2. The summed E-state index contributed by atoms with van der Waals surface area (Å²) >= 11 is 15.2. The average molecular weight is 1290 g/mol. The number of aromatic carboxylic acids is 2. The molecule has 4 aromatic carbocycles. The number of carbonyl (C=O) groups is 3. The van der Waals surface area contributed by atoms with Crippen LogP contribution in [0.25, 0.3) is 44.1 Å². The lowest BCUT2D eigenvalue weighted by atomic mass is 10.1. The van der Waals surface area contributed by atoms with E-state index in [0.717, 1.165) is 23.6 Å². The molecule has 0 radical (unpaired) electrons. The number of carbonyl (C=O) groups excluding carboxylic acids is 1. The molecule has 0 saturated heterocycles. The highest BCUT2D eigenvalue weighted by Gasteiger charge is 2.22. The molecule has 0 spiro atoms. The first-order valence-corrected chi connectivity index (χ1v) is 30.2. The number of rotatable bonds is 12. The lowest BCUT2D eigenvalue weighted by Crippen LogP contribution is -2.32. The number of hydrogen-bond acceptors (Lipinski definition) is 19. The zero-order valence-corrected chi connectivity index (χ0v) is 50.2. The van der Waals surface area contributed by atoms with Crippen molar-refractivity contribution in [3.05, 3.63) is 191 Å². The van der Waals surface area contributed by atoms with Gasteiger partial charge in [0.1, 0.15) is 4.60 Å². The molecule has 1 amide bonds. The zero-order valence-electron chi connectivity index (χ0n) is 45.4. The van der Waals surface area contributed by atoms with Crippen molar-refractivity contribution in [2.75, 3.05) is 29.7 Å². The van der Waals surface area contributed by atoms with Gasteiger partial charge in [0.25, 0.3) is 17.0 Å². The number of halogens is 3. The van der Waals surface area contributed by atoms with Crippen LogP contribution >= 0.6 is 39.1 Å². The molecule has 24 nitrogen and oxygen atoms in total. The summed E-state index contributed by atoms with van der Waals surface area (Å²) in [5.74, 6) is -3.56. The number of anilines is 3. The number of pyridine rings is 2. The summed E-state index contributed by atoms with van der Waals surface area (Å²) in [5, 5.41) is 23.6. The molecule has 0 fully saturated rings. The minimum absolute atomic E-state index is 0.0603. The molecule has 0 bridgehead atoms. The van der Waals surface area contributed by atoms with Gasteiger partial charge in [-0.05, 0) is 88.1 Å². The van der Waals surface area contributed by atoms with E-state index in [1.807, 2.05) is 25.1 Å². The predicted octanol–water partition coefficient (Wildman–Crippen LogP) is 6.97. The van der Waals surface area contributed by atoms with Crippen molar-refractivity contribution in [2.24, 2.45) is 19.8 Å². The normalized spacial score (nSPS) is 11.9. The maximum absolute atomic E-state index is 13.1. The summed E-state index contributed by atoms with van der Waals surface area (Å²) in [6.45, 7) is 3.59. The number of fused-ring (bicyclic) bond motifs is 2. The third-order valence-corrected chi connectivity index (χ3v) is 14.8. The molecule has 84 heavy (non-hydrogen) atoms. The van der Waals surface area contributed by atoms with E-state index in [1.165, 1.54) is 23.2 Å². The monoisotopic (exact) mass is 1290 g/mol. The molecule has 11 N–H and O–H groups in total. The molecule has 0 aliphatic heterocycles. The molecule has 5 heterocycles. The van der Waals surface area contributed by atoms with Gasteiger partial charge in [-0.2, -0.15) is 0 Å². The van der Waals surface area contributed by atoms with Gasteiger partial charge in [0.2, 0.25) is 0 Å². The first kappa shape index (κ1) is 64.4. The third kappa shape index (κ3) is 16.5. The summed E-state index contributed by atoms with van der Waals surface area (Å²) < 4.78 is 49.3. The third-order valence-electron chi connectivity index (χ3n) is 12.1. The van der Waals surface area contributed by atoms with Crippen molar-refractivity contribution >= 4 is 116 Å². The van der Waals surface area contributed by atoms with Gasteiger partial charge in [-0.3, -0.25) is 14.4 Å². The number of hydrogen-bond donors (Lipinski definition) is 7. The van der Waals surface area contributed by atoms with Gasteiger partial charge in [0.05, 0.1) is 68.3 Å². The first-order valence-electron chi connectivity index (χ1n) is 24.5. The molecule has 2 atom stereocenters. The van der Waals surface area contributed by atoms with Gasteiger partial charge in [-0.1, -0.05) is 83.9 Å². The van der Waals surface area contributed by atoms with E-state index >= 15 is 0 Å². The minimum atomic E-state index is -3.22. The van der Waals surface area contributed by atoms with Gasteiger partial charge in [-0.25, -0.2) is 56.3 Å². The Labute approximate surface area is 498 Å². The number of carboxylic acids is 2. The summed E-state index contributed by atoms with van der Waals surface area (Å²) in [5.41, 5.74) is 25.8. The maximum Gasteiger partial charge on any atom is 0.358 e. The van der Waals surface area contributed by atoms with Crippen molar-refractivity contribution in [1.82, 2.24) is 44.4 Å². The summed E-state index contributed by atoms with van der Waals surface area (Å²) in [7, 11) is -3.05. The highest BCUT2D eigenvalue weighted by atomic mass is 79.9. The Morgan fingerprint density at radius 1 is 0.607 bits per heavy atom. The smallest absolute Gasteiger partial charge is 0.358 e. The maximum atomic E-state index is 13.1. The van der Waals surface area contributed by atoms with Crippen LogP contribution in [0.4, 0.5) is 17.5 Å². The van der Waals surface area contributed by atoms with Crippen molar-refractivity contribution in [2.45, 2.75) is 37.4 Å². The quantitative estimate of drug-likeness (QED) is 0.0649. The average Bonchev–Trinajstić information content (AvgIpc) is 2.78. The Kier molecular flexibility index (Phi) is 20.8. The number of sulfone groups is 2. The first-order chi connectivity index (χ1) is 39.3. The van der Waals surface area contributed by atoms with Crippen molar-refractivity contribution < 1.29 is 41.4 Å². The van der Waals surface area contributed by atoms with Crippen molar-refractivity contribution in [3.63, 3.8) is 0 Å². The number of carboxylic acid groups (broad SMARTS) is 2. The topological polar surface area (TPSA) is 397 Å². The molecule has 29 heteroatoms. The largest absolute Gasteiger partial charge is 0.476 e. The van der Waals surface area contributed by atoms with Gasteiger partial charge >= 0.3 is 11.9 Å². The number of nitrogen functional groups attached to an aromatic ring is 3. The molecule has 0 unspecified atom stereocenters. The SMILES string of the molecule is CS(=O)(=O)Cc1cccc(-c2cnc(N)c(C(=O)O)n2)c1.C[C@H](N)c1cc2cccc(Cl)c2c(=O)n1C.C[C@H](NC(=O)c1nc(-c2cccc(CS(C)(=O)=O)c2)cnc1N)c1cc2cccc(Cl)c2c(=O)n1C.Nc1ncc(Br)nc1C(=O)O.